The molecule has 1 fully saturated rings. The molecule has 1 amide bonds. The second kappa shape index (κ2) is 5.57. The number of anilines is 1. The SMILES string of the molecule is Cc1nnc2sc(C(=O)N3CCCNCC3)c(N)c2c1C. The molecule has 2 aromatic heterocycles. The van der Waals surface area contributed by atoms with E-state index in [0.717, 1.165) is 54.1 Å². The molecule has 3 rings (SSSR count). The molecule has 0 spiro atoms. The molecule has 0 saturated carbocycles. The van der Waals surface area contributed by atoms with Crippen molar-refractivity contribution in [3.05, 3.63) is 16.1 Å². The number of thiophene rings is 1. The summed E-state index contributed by atoms with van der Waals surface area (Å²) in [6.07, 6.45) is 0.967. The molecular formula is C14H19N5OS. The highest BCUT2D eigenvalue weighted by atomic mass is 32.1. The molecule has 1 saturated heterocycles. The predicted molar refractivity (Wildman–Crippen MR) is 84.7 cm³/mol. The van der Waals surface area contributed by atoms with E-state index >= 15 is 0 Å². The highest BCUT2D eigenvalue weighted by Crippen LogP contribution is 2.35. The lowest BCUT2D eigenvalue weighted by Crippen LogP contribution is -2.34. The van der Waals surface area contributed by atoms with Gasteiger partial charge in [0.05, 0.1) is 11.4 Å². The lowest BCUT2D eigenvalue weighted by Gasteiger charge is -2.19. The van der Waals surface area contributed by atoms with Crippen molar-refractivity contribution in [2.75, 3.05) is 31.9 Å². The van der Waals surface area contributed by atoms with Gasteiger partial charge in [-0.15, -0.1) is 16.4 Å². The van der Waals surface area contributed by atoms with Crippen LogP contribution in [0.1, 0.15) is 27.3 Å². The topological polar surface area (TPSA) is 84.1 Å². The first-order chi connectivity index (χ1) is 10.1. The highest BCUT2D eigenvalue weighted by molar-refractivity contribution is 7.21. The Hall–Kier alpha value is -1.73. The molecule has 0 atom stereocenters. The Kier molecular flexibility index (Phi) is 3.77. The fourth-order valence-electron chi connectivity index (χ4n) is 2.59. The molecule has 6 nitrogen and oxygen atoms in total. The fourth-order valence-corrected chi connectivity index (χ4v) is 3.66. The summed E-state index contributed by atoms with van der Waals surface area (Å²) in [5, 5.41) is 12.5. The number of rotatable bonds is 1. The number of amides is 1. The zero-order chi connectivity index (χ0) is 15.0. The maximum atomic E-state index is 12.7. The average Bonchev–Trinajstić information content (AvgIpc) is 2.67. The zero-order valence-corrected chi connectivity index (χ0v) is 13.1. The zero-order valence-electron chi connectivity index (χ0n) is 12.3. The number of nitrogen functional groups attached to an aromatic ring is 1. The number of aromatic nitrogens is 2. The number of fused-ring (bicyclic) bond motifs is 1. The lowest BCUT2D eigenvalue weighted by molar-refractivity contribution is 0.0772. The Bertz CT molecular complexity index is 688. The Morgan fingerprint density at radius 1 is 1.29 bits per heavy atom. The van der Waals surface area contributed by atoms with Gasteiger partial charge in [0.15, 0.2) is 0 Å². The van der Waals surface area contributed by atoms with Gasteiger partial charge >= 0.3 is 0 Å². The summed E-state index contributed by atoms with van der Waals surface area (Å²) >= 11 is 1.35. The summed E-state index contributed by atoms with van der Waals surface area (Å²) in [6, 6.07) is 0. The van der Waals surface area contributed by atoms with Gasteiger partial charge in [-0.05, 0) is 32.4 Å². The molecule has 7 heteroatoms. The van der Waals surface area contributed by atoms with E-state index in [4.69, 9.17) is 5.73 Å². The highest BCUT2D eigenvalue weighted by Gasteiger charge is 2.24. The van der Waals surface area contributed by atoms with Gasteiger partial charge in [0, 0.05) is 25.0 Å². The van der Waals surface area contributed by atoms with Crippen LogP contribution < -0.4 is 11.1 Å². The number of hydrogen-bond donors (Lipinski definition) is 2. The smallest absolute Gasteiger partial charge is 0.266 e. The summed E-state index contributed by atoms with van der Waals surface area (Å²) in [5.74, 6) is 0.0104. The Morgan fingerprint density at radius 3 is 2.90 bits per heavy atom. The molecule has 2 aromatic rings. The molecule has 112 valence electrons. The van der Waals surface area contributed by atoms with Crippen LogP contribution in [0.25, 0.3) is 10.2 Å². The van der Waals surface area contributed by atoms with Crippen LogP contribution in [0.15, 0.2) is 0 Å². The van der Waals surface area contributed by atoms with Gasteiger partial charge < -0.3 is 16.0 Å². The molecular weight excluding hydrogens is 286 g/mol. The monoisotopic (exact) mass is 305 g/mol. The van der Waals surface area contributed by atoms with Gasteiger partial charge in [0.25, 0.3) is 5.91 Å². The van der Waals surface area contributed by atoms with Crippen LogP contribution in [-0.4, -0.2) is 47.2 Å². The number of nitrogens with zero attached hydrogens (tertiary/aromatic N) is 3. The van der Waals surface area contributed by atoms with Crippen LogP contribution in [0.2, 0.25) is 0 Å². The quantitative estimate of drug-likeness (QED) is 0.830. The Balaban J connectivity index is 2.02. The minimum atomic E-state index is 0.0104. The number of aryl methyl sites for hydroxylation is 2. The normalized spacial score (nSPS) is 16.2. The Labute approximate surface area is 127 Å². The van der Waals surface area contributed by atoms with Gasteiger partial charge in [-0.25, -0.2) is 0 Å². The number of nitrogens with two attached hydrogens (primary N) is 1. The molecule has 0 aromatic carbocycles. The van der Waals surface area contributed by atoms with Gasteiger partial charge in [0.2, 0.25) is 0 Å². The van der Waals surface area contributed by atoms with E-state index in [1.54, 1.807) is 0 Å². The first-order valence-electron chi connectivity index (χ1n) is 7.11. The van der Waals surface area contributed by atoms with Crippen LogP contribution in [0, 0.1) is 13.8 Å². The maximum absolute atomic E-state index is 12.7. The molecule has 1 aliphatic rings. The molecule has 0 unspecified atom stereocenters. The summed E-state index contributed by atoms with van der Waals surface area (Å²) in [4.78, 5) is 15.9. The van der Waals surface area contributed by atoms with E-state index in [9.17, 15) is 4.79 Å². The van der Waals surface area contributed by atoms with Gasteiger partial charge in [-0.2, -0.15) is 5.10 Å². The summed E-state index contributed by atoms with van der Waals surface area (Å²) in [5.41, 5.74) is 8.64. The molecule has 0 radical (unpaired) electrons. The third kappa shape index (κ3) is 2.47. The van der Waals surface area contributed by atoms with E-state index in [1.165, 1.54) is 11.3 Å². The molecule has 21 heavy (non-hydrogen) atoms. The standard InChI is InChI=1S/C14H19N5OS/c1-8-9(2)17-18-13-10(8)11(15)12(21-13)14(20)19-6-3-4-16-5-7-19/h16H,3-7,15H2,1-2H3. The fraction of sp³-hybridized carbons (Fsp3) is 0.500. The predicted octanol–water partition coefficient (Wildman–Crippen LogP) is 1.33. The summed E-state index contributed by atoms with van der Waals surface area (Å²) < 4.78 is 0. The van der Waals surface area contributed by atoms with Crippen molar-refractivity contribution in [3.63, 3.8) is 0 Å². The van der Waals surface area contributed by atoms with Crippen molar-refractivity contribution in [1.82, 2.24) is 20.4 Å². The molecule has 0 aliphatic carbocycles. The summed E-state index contributed by atoms with van der Waals surface area (Å²) in [6.45, 7) is 7.14. The van der Waals surface area contributed by atoms with E-state index in [-0.39, 0.29) is 5.91 Å². The van der Waals surface area contributed by atoms with Crippen molar-refractivity contribution >= 4 is 33.1 Å². The van der Waals surface area contributed by atoms with Crippen LogP contribution in [-0.2, 0) is 0 Å². The number of carbonyl (C=O) groups excluding carboxylic acids is 1. The van der Waals surface area contributed by atoms with Gasteiger partial charge in [-0.3, -0.25) is 4.79 Å². The second-order valence-corrected chi connectivity index (χ2v) is 6.33. The third-order valence-corrected chi connectivity index (χ3v) is 5.03. The second-order valence-electron chi connectivity index (χ2n) is 5.33. The van der Waals surface area contributed by atoms with E-state index < -0.39 is 0 Å². The van der Waals surface area contributed by atoms with Gasteiger partial charge in [-0.1, -0.05) is 0 Å². The lowest BCUT2D eigenvalue weighted by atomic mass is 10.1. The molecule has 1 aliphatic heterocycles. The third-order valence-electron chi connectivity index (χ3n) is 3.96. The van der Waals surface area contributed by atoms with E-state index in [2.05, 4.69) is 15.5 Å². The number of nitrogens with one attached hydrogen (secondary N) is 1. The van der Waals surface area contributed by atoms with Crippen molar-refractivity contribution in [1.29, 1.82) is 0 Å². The first-order valence-corrected chi connectivity index (χ1v) is 7.93. The minimum absolute atomic E-state index is 0.0104. The van der Waals surface area contributed by atoms with Gasteiger partial charge in [0.1, 0.15) is 9.71 Å². The van der Waals surface area contributed by atoms with Crippen molar-refractivity contribution in [3.8, 4) is 0 Å². The summed E-state index contributed by atoms with van der Waals surface area (Å²) in [7, 11) is 0. The minimum Gasteiger partial charge on any atom is -0.397 e. The van der Waals surface area contributed by atoms with Crippen LogP contribution in [0.3, 0.4) is 0 Å². The van der Waals surface area contributed by atoms with Crippen LogP contribution in [0.5, 0.6) is 0 Å². The number of hydrogen-bond acceptors (Lipinski definition) is 6. The maximum Gasteiger partial charge on any atom is 0.266 e. The van der Waals surface area contributed by atoms with Crippen LogP contribution in [0.4, 0.5) is 5.69 Å². The average molecular weight is 305 g/mol. The largest absolute Gasteiger partial charge is 0.397 e. The molecule has 3 N–H and O–H groups in total. The van der Waals surface area contributed by atoms with E-state index in [0.29, 0.717) is 10.6 Å². The van der Waals surface area contributed by atoms with Crippen molar-refractivity contribution in [2.24, 2.45) is 0 Å². The van der Waals surface area contributed by atoms with Crippen molar-refractivity contribution < 1.29 is 4.79 Å². The first kappa shape index (κ1) is 14.2. The van der Waals surface area contributed by atoms with Crippen LogP contribution >= 0.6 is 11.3 Å². The van der Waals surface area contributed by atoms with E-state index in [1.807, 2.05) is 18.7 Å². The van der Waals surface area contributed by atoms with Crippen molar-refractivity contribution in [2.45, 2.75) is 20.3 Å². The molecule has 0 bridgehead atoms. The number of carbonyl (C=O) groups is 1. The molecule has 3 heterocycles. The Morgan fingerprint density at radius 2 is 2.10 bits per heavy atom.